The van der Waals surface area contributed by atoms with E-state index in [4.69, 9.17) is 9.15 Å². The molecule has 1 aromatic carbocycles. The second kappa shape index (κ2) is 6.67. The van der Waals surface area contributed by atoms with Crippen molar-refractivity contribution >= 4 is 16.0 Å². The maximum Gasteiger partial charge on any atom is 0.329 e. The molecule has 0 saturated heterocycles. The number of aromatic nitrogens is 2. The Morgan fingerprint density at radius 2 is 2.00 bits per heavy atom. The van der Waals surface area contributed by atoms with Gasteiger partial charge in [0.05, 0.1) is 11.5 Å². The lowest BCUT2D eigenvalue weighted by Gasteiger charge is -2.19. The van der Waals surface area contributed by atoms with Crippen LogP contribution in [0, 0.1) is 5.92 Å². The summed E-state index contributed by atoms with van der Waals surface area (Å²) in [5.74, 6) is 1.79. The maximum atomic E-state index is 12.5. The Morgan fingerprint density at radius 3 is 2.84 bits per heavy atom. The molecule has 0 unspecified atom stereocenters. The third-order valence-corrected chi connectivity index (χ3v) is 6.17. The number of nitrogens with one attached hydrogen (secondary N) is 1. The largest absolute Gasteiger partial charge is 0.493 e. The fourth-order valence-corrected chi connectivity index (χ4v) is 4.49. The third kappa shape index (κ3) is 3.63. The highest BCUT2D eigenvalue weighted by Gasteiger charge is 2.22. The molecule has 7 nitrogen and oxygen atoms in total. The highest BCUT2D eigenvalue weighted by atomic mass is 32.2. The van der Waals surface area contributed by atoms with Crippen LogP contribution in [0.5, 0.6) is 5.75 Å². The predicted molar refractivity (Wildman–Crippen MR) is 91.0 cm³/mol. The van der Waals surface area contributed by atoms with Gasteiger partial charge in [0.25, 0.3) is 10.0 Å². The molecule has 0 bridgehead atoms. The Morgan fingerprint density at radius 1 is 1.16 bits per heavy atom. The van der Waals surface area contributed by atoms with Crippen molar-refractivity contribution in [2.45, 2.75) is 49.8 Å². The van der Waals surface area contributed by atoms with Crippen LogP contribution >= 0.6 is 0 Å². The molecule has 0 spiro atoms. The summed E-state index contributed by atoms with van der Waals surface area (Å²) in [7, 11) is -3.76. The fraction of sp³-hybridized carbons (Fsp3) is 0.529. The lowest BCUT2D eigenvalue weighted by atomic mass is 9.87. The Balaban J connectivity index is 1.46. The summed E-state index contributed by atoms with van der Waals surface area (Å²) >= 11 is 0. The van der Waals surface area contributed by atoms with Gasteiger partial charge in [0.15, 0.2) is 0 Å². The summed E-state index contributed by atoms with van der Waals surface area (Å²) in [6, 6.07) is 4.75. The molecule has 2 aliphatic rings. The summed E-state index contributed by atoms with van der Waals surface area (Å²) in [5.41, 5.74) is 0.895. The van der Waals surface area contributed by atoms with Crippen LogP contribution in [0.3, 0.4) is 0 Å². The molecule has 134 valence electrons. The molecular formula is C17H21N3O4S. The minimum Gasteiger partial charge on any atom is -0.493 e. The molecule has 1 aromatic heterocycles. The van der Waals surface area contributed by atoms with Crippen LogP contribution in [-0.2, 0) is 22.9 Å². The topological polar surface area (TPSA) is 94.3 Å². The Bertz CT molecular complexity index is 857. The van der Waals surface area contributed by atoms with E-state index < -0.39 is 10.0 Å². The highest BCUT2D eigenvalue weighted by Crippen LogP contribution is 2.29. The number of ether oxygens (including phenoxy) is 1. The Kier molecular flexibility index (Phi) is 4.37. The summed E-state index contributed by atoms with van der Waals surface area (Å²) in [6.45, 7) is 0.584. The van der Waals surface area contributed by atoms with Gasteiger partial charge in [-0.05, 0) is 42.5 Å². The normalized spacial score (nSPS) is 17.9. The summed E-state index contributed by atoms with van der Waals surface area (Å²) < 4.78 is 38.3. The SMILES string of the molecule is O=S(=O)(Nc1nnc(CC2CCCCC2)o1)c1ccc2c(c1)CCO2. The van der Waals surface area contributed by atoms with Gasteiger partial charge in [-0.25, -0.2) is 13.1 Å². The first-order valence-electron chi connectivity index (χ1n) is 8.71. The molecule has 1 fully saturated rings. The van der Waals surface area contributed by atoms with Crippen LogP contribution in [0.4, 0.5) is 6.01 Å². The first kappa shape index (κ1) is 16.4. The number of hydrogen-bond donors (Lipinski definition) is 1. The van der Waals surface area contributed by atoms with Gasteiger partial charge in [0.1, 0.15) is 5.75 Å². The van der Waals surface area contributed by atoms with Gasteiger partial charge in [0, 0.05) is 12.8 Å². The number of rotatable bonds is 5. The zero-order valence-electron chi connectivity index (χ0n) is 13.9. The highest BCUT2D eigenvalue weighted by molar-refractivity contribution is 7.92. The quantitative estimate of drug-likeness (QED) is 0.878. The van der Waals surface area contributed by atoms with Crippen molar-refractivity contribution < 1.29 is 17.6 Å². The monoisotopic (exact) mass is 363 g/mol. The smallest absolute Gasteiger partial charge is 0.329 e. The fourth-order valence-electron chi connectivity index (χ4n) is 3.52. The van der Waals surface area contributed by atoms with Gasteiger partial charge in [-0.15, -0.1) is 5.10 Å². The molecule has 0 amide bonds. The minimum absolute atomic E-state index is 0.0810. The van der Waals surface area contributed by atoms with Crippen molar-refractivity contribution in [1.29, 1.82) is 0 Å². The molecule has 25 heavy (non-hydrogen) atoms. The van der Waals surface area contributed by atoms with E-state index in [9.17, 15) is 8.42 Å². The molecule has 2 aromatic rings. The second-order valence-corrected chi connectivity index (χ2v) is 8.37. The number of nitrogens with zero attached hydrogens (tertiary/aromatic N) is 2. The number of sulfonamides is 1. The standard InChI is InChI=1S/C17H21N3O4S/c21-25(22,14-6-7-15-13(11-14)8-9-23-15)20-17-19-18-16(24-17)10-12-4-2-1-3-5-12/h6-7,11-12H,1-5,8-10H2,(H,19,20). The van der Waals surface area contributed by atoms with Crippen molar-refractivity contribution in [3.05, 3.63) is 29.7 Å². The molecule has 1 aliphatic heterocycles. The maximum absolute atomic E-state index is 12.5. The average Bonchev–Trinajstić information content (AvgIpc) is 3.24. The van der Waals surface area contributed by atoms with E-state index in [0.29, 0.717) is 31.3 Å². The number of fused-ring (bicyclic) bond motifs is 1. The van der Waals surface area contributed by atoms with E-state index >= 15 is 0 Å². The van der Waals surface area contributed by atoms with Crippen molar-refractivity contribution in [3.8, 4) is 5.75 Å². The van der Waals surface area contributed by atoms with E-state index in [-0.39, 0.29) is 10.9 Å². The predicted octanol–water partition coefficient (Wildman–Crippen LogP) is 2.93. The van der Waals surface area contributed by atoms with Gasteiger partial charge >= 0.3 is 6.01 Å². The molecule has 8 heteroatoms. The van der Waals surface area contributed by atoms with Crippen molar-refractivity contribution in [1.82, 2.24) is 10.2 Å². The number of hydrogen-bond acceptors (Lipinski definition) is 6. The summed E-state index contributed by atoms with van der Waals surface area (Å²) in [4.78, 5) is 0.170. The van der Waals surface area contributed by atoms with Crippen molar-refractivity contribution in [3.63, 3.8) is 0 Å². The van der Waals surface area contributed by atoms with E-state index in [0.717, 1.165) is 11.3 Å². The lowest BCUT2D eigenvalue weighted by molar-refractivity contribution is 0.331. The average molecular weight is 363 g/mol. The zero-order valence-corrected chi connectivity index (χ0v) is 14.7. The van der Waals surface area contributed by atoms with Crippen LogP contribution in [0.15, 0.2) is 27.5 Å². The molecule has 2 heterocycles. The molecule has 1 aliphatic carbocycles. The van der Waals surface area contributed by atoms with E-state index in [1.807, 2.05) is 0 Å². The van der Waals surface area contributed by atoms with Gasteiger partial charge in [-0.2, -0.15) is 0 Å². The molecule has 0 atom stereocenters. The number of benzene rings is 1. The second-order valence-electron chi connectivity index (χ2n) is 6.68. The molecule has 4 rings (SSSR count). The molecule has 0 radical (unpaired) electrons. The van der Waals surface area contributed by atoms with Gasteiger partial charge < -0.3 is 9.15 Å². The first-order chi connectivity index (χ1) is 12.1. The lowest BCUT2D eigenvalue weighted by Crippen LogP contribution is -2.13. The molecular weight excluding hydrogens is 342 g/mol. The molecule has 1 saturated carbocycles. The Labute approximate surface area is 146 Å². The first-order valence-corrected chi connectivity index (χ1v) is 10.2. The van der Waals surface area contributed by atoms with Crippen LogP contribution < -0.4 is 9.46 Å². The van der Waals surface area contributed by atoms with E-state index in [1.165, 1.54) is 38.2 Å². The van der Waals surface area contributed by atoms with Crippen LogP contribution in [-0.4, -0.2) is 25.2 Å². The van der Waals surface area contributed by atoms with Crippen LogP contribution in [0.2, 0.25) is 0 Å². The third-order valence-electron chi connectivity index (χ3n) is 4.85. The van der Waals surface area contributed by atoms with Gasteiger partial charge in [-0.3, -0.25) is 0 Å². The van der Waals surface area contributed by atoms with Gasteiger partial charge in [-0.1, -0.05) is 24.4 Å². The van der Waals surface area contributed by atoms with Crippen molar-refractivity contribution in [2.75, 3.05) is 11.3 Å². The van der Waals surface area contributed by atoms with Gasteiger partial charge in [0.2, 0.25) is 5.89 Å². The number of anilines is 1. The van der Waals surface area contributed by atoms with Crippen molar-refractivity contribution in [2.24, 2.45) is 5.92 Å². The summed E-state index contributed by atoms with van der Waals surface area (Å²) in [6.07, 6.45) is 7.52. The van der Waals surface area contributed by atoms with E-state index in [1.54, 1.807) is 12.1 Å². The van der Waals surface area contributed by atoms with Crippen LogP contribution in [0.1, 0.15) is 43.6 Å². The zero-order chi connectivity index (χ0) is 17.3. The minimum atomic E-state index is -3.76. The molecule has 1 N–H and O–H groups in total. The van der Waals surface area contributed by atoms with E-state index in [2.05, 4.69) is 14.9 Å². The van der Waals surface area contributed by atoms with Crippen LogP contribution in [0.25, 0.3) is 0 Å². The Hall–Kier alpha value is -2.09. The summed E-state index contributed by atoms with van der Waals surface area (Å²) in [5, 5.41) is 7.82.